The van der Waals surface area contributed by atoms with Crippen molar-refractivity contribution in [1.29, 1.82) is 0 Å². The van der Waals surface area contributed by atoms with Gasteiger partial charge in [-0.05, 0) is 19.3 Å². The lowest BCUT2D eigenvalue weighted by Crippen LogP contribution is -2.56. The number of hydrogen-bond donors (Lipinski definition) is 1. The Hall–Kier alpha value is -1.76. The normalized spacial score (nSPS) is 11.6. The Balaban J connectivity index is 2.95. The fraction of sp³-hybridized carbons (Fsp3) is 0.588. The van der Waals surface area contributed by atoms with Crippen molar-refractivity contribution in [1.82, 2.24) is 5.32 Å². The van der Waals surface area contributed by atoms with Crippen molar-refractivity contribution in [2.24, 2.45) is 0 Å². The number of halogens is 5. The van der Waals surface area contributed by atoms with Crippen LogP contribution in [-0.2, 0) is 13.3 Å². The topological polar surface area (TPSA) is 66.0 Å². The molecule has 0 aromatic heterocycles. The third-order valence-electron chi connectivity index (χ3n) is 3.39. The highest BCUT2D eigenvalue weighted by atomic mass is 28.4. The summed E-state index contributed by atoms with van der Waals surface area (Å²) in [6, 6.07) is 0. The second-order valence-corrected chi connectivity index (χ2v) is 8.46. The van der Waals surface area contributed by atoms with E-state index >= 15 is 0 Å². The summed E-state index contributed by atoms with van der Waals surface area (Å²) in [5, 5.41) is 2.16. The maximum absolute atomic E-state index is 13.6. The van der Waals surface area contributed by atoms with E-state index in [9.17, 15) is 26.7 Å². The van der Waals surface area contributed by atoms with Crippen molar-refractivity contribution in [3.05, 3.63) is 29.1 Å². The first kappa shape index (κ1) is 25.3. The van der Waals surface area contributed by atoms with Gasteiger partial charge in [-0.25, -0.2) is 18.0 Å². The molecule has 1 amide bonds. The van der Waals surface area contributed by atoms with E-state index in [1.807, 2.05) is 20.8 Å². The van der Waals surface area contributed by atoms with Crippen LogP contribution in [0.5, 0.6) is 5.75 Å². The smallest absolute Gasteiger partial charge is 0.404 e. The maximum atomic E-state index is 13.6. The molecule has 0 saturated heterocycles. The van der Waals surface area contributed by atoms with Crippen molar-refractivity contribution < 1.29 is 44.8 Å². The Bertz CT molecular complexity index is 644. The van der Waals surface area contributed by atoms with Crippen LogP contribution in [0.2, 0.25) is 0 Å². The first-order chi connectivity index (χ1) is 13.7. The summed E-state index contributed by atoms with van der Waals surface area (Å²) in [6.45, 7) is 6.37. The number of nitrogens with one attached hydrogen (secondary N) is 1. The third kappa shape index (κ3) is 6.91. The van der Waals surface area contributed by atoms with Crippen molar-refractivity contribution in [2.75, 3.05) is 26.0 Å². The molecule has 0 aliphatic heterocycles. The lowest BCUT2D eigenvalue weighted by Gasteiger charge is -2.29. The fourth-order valence-electron chi connectivity index (χ4n) is 2.03. The first-order valence-corrected chi connectivity index (χ1v) is 11.0. The van der Waals surface area contributed by atoms with E-state index < -0.39 is 49.7 Å². The van der Waals surface area contributed by atoms with E-state index in [0.29, 0.717) is 19.3 Å². The summed E-state index contributed by atoms with van der Waals surface area (Å²) in [6.07, 6.45) is 0.129. The minimum absolute atomic E-state index is 0.272. The second kappa shape index (κ2) is 12.1. The third-order valence-corrected chi connectivity index (χ3v) is 5.93. The predicted octanol–water partition coefficient (Wildman–Crippen LogP) is 4.23. The molecular weight excluding hydrogens is 421 g/mol. The van der Waals surface area contributed by atoms with E-state index in [4.69, 9.17) is 13.3 Å². The molecule has 6 nitrogen and oxygen atoms in total. The van der Waals surface area contributed by atoms with Gasteiger partial charge in [-0.3, -0.25) is 0 Å². The van der Waals surface area contributed by atoms with Gasteiger partial charge in [-0.15, -0.1) is 0 Å². The van der Waals surface area contributed by atoms with E-state index in [0.717, 1.165) is 0 Å². The molecule has 0 aliphatic rings. The van der Waals surface area contributed by atoms with Gasteiger partial charge in [0, 0.05) is 19.8 Å². The number of rotatable bonds is 12. The molecule has 0 spiro atoms. The van der Waals surface area contributed by atoms with Crippen LogP contribution in [0.25, 0.3) is 0 Å². The molecule has 166 valence electrons. The molecule has 1 aromatic rings. The van der Waals surface area contributed by atoms with Crippen LogP contribution in [0.4, 0.5) is 26.7 Å². The molecule has 12 heteroatoms. The molecule has 0 atom stereocenters. The zero-order valence-corrected chi connectivity index (χ0v) is 17.4. The Kier molecular flexibility index (Phi) is 10.5. The number of ether oxygens (including phenoxy) is 1. The lowest BCUT2D eigenvalue weighted by atomic mass is 10.3. The molecule has 0 heterocycles. The minimum Gasteiger partial charge on any atom is -0.404 e. The van der Waals surface area contributed by atoms with Crippen molar-refractivity contribution in [2.45, 2.75) is 40.0 Å². The van der Waals surface area contributed by atoms with E-state index in [-0.39, 0.29) is 26.0 Å². The summed E-state index contributed by atoms with van der Waals surface area (Å²) >= 11 is 0. The minimum atomic E-state index is -3.40. The molecule has 0 fully saturated rings. The van der Waals surface area contributed by atoms with Crippen molar-refractivity contribution in [3.63, 3.8) is 0 Å². The SMILES string of the molecule is CCCO[Si](CNC(=O)Oc1c(F)c(F)c(F)c(F)c1F)(OCCC)OCCC. The first-order valence-electron chi connectivity index (χ1n) is 9.11. The van der Waals surface area contributed by atoms with Gasteiger partial charge in [0.15, 0.2) is 0 Å². The monoisotopic (exact) mass is 445 g/mol. The van der Waals surface area contributed by atoms with E-state index in [1.165, 1.54) is 0 Å². The lowest BCUT2D eigenvalue weighted by molar-refractivity contribution is 0.0580. The molecule has 1 N–H and O–H groups in total. The molecule has 0 unspecified atom stereocenters. The Morgan fingerprint density at radius 1 is 0.759 bits per heavy atom. The number of carbonyl (C=O) groups excluding carboxylic acids is 1. The van der Waals surface area contributed by atoms with E-state index in [2.05, 4.69) is 10.1 Å². The summed E-state index contributed by atoms with van der Waals surface area (Å²) < 4.78 is 88.2. The summed E-state index contributed by atoms with van der Waals surface area (Å²) in [7, 11) is -3.40. The van der Waals surface area contributed by atoms with Crippen LogP contribution in [0, 0.1) is 29.1 Å². The quantitative estimate of drug-likeness (QED) is 0.226. The van der Waals surface area contributed by atoms with Gasteiger partial charge in [0.25, 0.3) is 0 Å². The van der Waals surface area contributed by atoms with Crippen molar-refractivity contribution >= 4 is 14.9 Å². The van der Waals surface area contributed by atoms with Crippen LogP contribution < -0.4 is 10.1 Å². The molecule has 1 rings (SSSR count). The van der Waals surface area contributed by atoms with Gasteiger partial charge >= 0.3 is 14.9 Å². The zero-order valence-electron chi connectivity index (χ0n) is 16.4. The standard InChI is InChI=1S/C17H24F5NO5Si/c1-4-7-25-29(26-8-5-2,27-9-6-3)10-23-17(24)28-16-14(21)12(19)11(18)13(20)15(16)22/h4-10H2,1-3H3,(H,23,24). The highest BCUT2D eigenvalue weighted by molar-refractivity contribution is 6.61. The van der Waals surface area contributed by atoms with Gasteiger partial charge in [0.2, 0.25) is 34.8 Å². The molecule has 0 saturated carbocycles. The Morgan fingerprint density at radius 3 is 1.52 bits per heavy atom. The molecule has 1 aromatic carbocycles. The number of carbonyl (C=O) groups is 1. The van der Waals surface area contributed by atoms with Crippen LogP contribution in [0.15, 0.2) is 0 Å². The average Bonchev–Trinajstić information content (AvgIpc) is 2.72. The largest absolute Gasteiger partial charge is 0.521 e. The highest BCUT2D eigenvalue weighted by Gasteiger charge is 2.42. The van der Waals surface area contributed by atoms with Crippen molar-refractivity contribution in [3.8, 4) is 5.75 Å². The van der Waals surface area contributed by atoms with Crippen LogP contribution in [0.3, 0.4) is 0 Å². The summed E-state index contributed by atoms with van der Waals surface area (Å²) in [5.41, 5.74) is 0. The number of amides is 1. The zero-order chi connectivity index (χ0) is 22.0. The number of hydrogen-bond acceptors (Lipinski definition) is 5. The molecule has 0 radical (unpaired) electrons. The average molecular weight is 445 g/mol. The molecular formula is C17H24F5NO5Si. The van der Waals surface area contributed by atoms with E-state index in [1.54, 1.807) is 0 Å². The van der Waals surface area contributed by atoms with Gasteiger partial charge < -0.3 is 23.3 Å². The van der Waals surface area contributed by atoms with Gasteiger partial charge in [0.1, 0.15) is 0 Å². The summed E-state index contributed by atoms with van der Waals surface area (Å²) in [4.78, 5) is 11.9. The summed E-state index contributed by atoms with van der Waals surface area (Å²) in [5.74, 6) is -13.0. The van der Waals surface area contributed by atoms with Gasteiger partial charge in [-0.1, -0.05) is 20.8 Å². The second-order valence-electron chi connectivity index (χ2n) is 5.87. The van der Waals surface area contributed by atoms with Crippen LogP contribution in [-0.4, -0.2) is 40.9 Å². The molecule has 0 aliphatic carbocycles. The van der Waals surface area contributed by atoms with Crippen LogP contribution >= 0.6 is 0 Å². The maximum Gasteiger partial charge on any atom is 0.521 e. The highest BCUT2D eigenvalue weighted by Crippen LogP contribution is 2.29. The van der Waals surface area contributed by atoms with Gasteiger partial charge in [0.05, 0.1) is 6.17 Å². The van der Waals surface area contributed by atoms with Crippen LogP contribution in [0.1, 0.15) is 40.0 Å². The Morgan fingerprint density at radius 2 is 1.14 bits per heavy atom. The fourth-order valence-corrected chi connectivity index (χ4v) is 4.50. The number of benzene rings is 1. The molecule has 29 heavy (non-hydrogen) atoms. The Labute approximate surface area is 166 Å². The molecule has 0 bridgehead atoms. The van der Waals surface area contributed by atoms with Gasteiger partial charge in [-0.2, -0.15) is 8.78 Å². The predicted molar refractivity (Wildman–Crippen MR) is 94.7 cm³/mol.